The third-order valence-corrected chi connectivity index (χ3v) is 6.33. The van der Waals surface area contributed by atoms with Gasteiger partial charge in [0, 0.05) is 25.2 Å². The van der Waals surface area contributed by atoms with Crippen LogP contribution in [0.25, 0.3) is 0 Å². The van der Waals surface area contributed by atoms with E-state index < -0.39 is 17.7 Å². The van der Waals surface area contributed by atoms with Crippen LogP contribution in [0.5, 0.6) is 0 Å². The largest absolute Gasteiger partial charge is 0.444 e. The minimum absolute atomic E-state index is 0.0584. The zero-order valence-corrected chi connectivity index (χ0v) is 22.3. The van der Waals surface area contributed by atoms with E-state index in [0.29, 0.717) is 24.6 Å². The van der Waals surface area contributed by atoms with Crippen molar-refractivity contribution in [2.45, 2.75) is 90.3 Å². The molecule has 1 unspecified atom stereocenters. The molecule has 0 bridgehead atoms. The Kier molecular flexibility index (Phi) is 10.2. The number of rotatable bonds is 9. The van der Waals surface area contributed by atoms with E-state index >= 15 is 0 Å². The molecule has 3 rings (SSSR count). The van der Waals surface area contributed by atoms with Crippen LogP contribution in [0.3, 0.4) is 0 Å². The first-order chi connectivity index (χ1) is 17.6. The molecular weight excluding hydrogens is 475 g/mol. The lowest BCUT2D eigenvalue weighted by atomic mass is 9.84. The average Bonchev–Trinajstić information content (AvgIpc) is 2.84. The highest BCUT2D eigenvalue weighted by molar-refractivity contribution is 5.82. The Balaban J connectivity index is 1.56. The number of hydrogen-bond acceptors (Lipinski definition) is 5. The maximum absolute atomic E-state index is 13.6. The van der Waals surface area contributed by atoms with Gasteiger partial charge in [-0.15, -0.1) is 0 Å². The van der Waals surface area contributed by atoms with Crippen molar-refractivity contribution < 1.29 is 18.7 Å². The molecule has 9 nitrogen and oxygen atoms in total. The third kappa shape index (κ3) is 9.59. The van der Waals surface area contributed by atoms with E-state index in [9.17, 15) is 14.0 Å². The lowest BCUT2D eigenvalue weighted by molar-refractivity contribution is -0.122. The van der Waals surface area contributed by atoms with Gasteiger partial charge in [0.1, 0.15) is 11.4 Å². The molecule has 1 aromatic carbocycles. The van der Waals surface area contributed by atoms with Gasteiger partial charge in [-0.1, -0.05) is 25.5 Å². The summed E-state index contributed by atoms with van der Waals surface area (Å²) < 4.78 is 18.9. The Morgan fingerprint density at radius 2 is 1.84 bits per heavy atom. The van der Waals surface area contributed by atoms with E-state index in [1.807, 2.05) is 20.8 Å². The number of nitrogens with one attached hydrogen (secondary N) is 5. The van der Waals surface area contributed by atoms with E-state index in [1.165, 1.54) is 12.1 Å². The quantitative estimate of drug-likeness (QED) is 0.315. The molecule has 1 saturated carbocycles. The molecule has 2 amide bonds. The Labute approximate surface area is 219 Å². The summed E-state index contributed by atoms with van der Waals surface area (Å²) >= 11 is 0. The first-order valence-corrected chi connectivity index (χ1v) is 13.2. The van der Waals surface area contributed by atoms with E-state index in [4.69, 9.17) is 4.74 Å². The van der Waals surface area contributed by atoms with E-state index in [1.54, 1.807) is 18.3 Å². The number of guanidine groups is 1. The molecule has 0 spiro atoms. The van der Waals surface area contributed by atoms with Gasteiger partial charge in [0.25, 0.3) is 0 Å². The monoisotopic (exact) mass is 516 g/mol. The molecule has 0 aromatic heterocycles. The molecule has 1 aliphatic heterocycles. The second-order valence-corrected chi connectivity index (χ2v) is 10.7. The zero-order chi connectivity index (χ0) is 26.8. The molecule has 1 aromatic rings. The van der Waals surface area contributed by atoms with Crippen LogP contribution in [-0.2, 0) is 9.53 Å². The van der Waals surface area contributed by atoms with Gasteiger partial charge in [0.2, 0.25) is 11.9 Å². The van der Waals surface area contributed by atoms with Crippen molar-refractivity contribution >= 4 is 18.0 Å². The molecule has 204 valence electrons. The molecular formula is C27H41FN6O3. The number of hydrazine groups is 1. The summed E-state index contributed by atoms with van der Waals surface area (Å²) in [6.07, 6.45) is 7.11. The van der Waals surface area contributed by atoms with Crippen LogP contribution in [0.4, 0.5) is 9.18 Å². The Morgan fingerprint density at radius 1 is 1.14 bits per heavy atom. The number of unbranched alkanes of at least 4 members (excludes halogenated alkanes) is 1. The number of hydrogen-bond donors (Lipinski definition) is 5. The minimum atomic E-state index is -0.530. The van der Waals surface area contributed by atoms with Gasteiger partial charge < -0.3 is 20.7 Å². The topological polar surface area (TPSA) is 116 Å². The summed E-state index contributed by atoms with van der Waals surface area (Å²) in [5, 5.41) is 9.17. The smallest absolute Gasteiger partial charge is 0.407 e. The third-order valence-electron chi connectivity index (χ3n) is 6.33. The molecule has 1 aliphatic carbocycles. The number of nitrogens with zero attached hydrogens (tertiary/aromatic N) is 1. The number of ether oxygens (including phenoxy) is 1. The number of alkyl carbamates (subject to hydrolysis) is 1. The first kappa shape index (κ1) is 28.3. The average molecular weight is 517 g/mol. The number of aliphatic imine (C=N–C) groups is 1. The number of benzene rings is 1. The molecule has 10 heteroatoms. The summed E-state index contributed by atoms with van der Waals surface area (Å²) in [6, 6.07) is 5.67. The number of halogens is 1. The standard InChI is InChI=1S/C27H41FN6O3/c1-5-6-15-29-25-30-17-22(33-34-25)24(19-9-11-20(28)12-10-19)32-23(35)16-18-7-13-21(14-8-18)31-26(36)37-27(2,3)4/h9-12,17-18,21,24,33H,5-8,13-16H2,1-4H3,(H,31,36)(H,32,35)(H2,29,30,34). The van der Waals surface area contributed by atoms with Crippen LogP contribution < -0.4 is 26.8 Å². The van der Waals surface area contributed by atoms with Crippen molar-refractivity contribution in [3.05, 3.63) is 47.5 Å². The van der Waals surface area contributed by atoms with E-state index in [-0.39, 0.29) is 23.7 Å². The highest BCUT2D eigenvalue weighted by atomic mass is 19.1. The maximum Gasteiger partial charge on any atom is 0.407 e. The highest BCUT2D eigenvalue weighted by Crippen LogP contribution is 2.28. The van der Waals surface area contributed by atoms with Crippen LogP contribution in [0.2, 0.25) is 0 Å². The van der Waals surface area contributed by atoms with Crippen molar-refractivity contribution in [3.8, 4) is 0 Å². The van der Waals surface area contributed by atoms with Gasteiger partial charge in [-0.2, -0.15) is 0 Å². The lowest BCUT2D eigenvalue weighted by Crippen LogP contribution is -2.51. The summed E-state index contributed by atoms with van der Waals surface area (Å²) in [5.74, 6) is 0.422. The van der Waals surface area contributed by atoms with Gasteiger partial charge >= 0.3 is 6.09 Å². The molecule has 37 heavy (non-hydrogen) atoms. The maximum atomic E-state index is 13.6. The predicted molar refractivity (Wildman–Crippen MR) is 142 cm³/mol. The normalized spacial score (nSPS) is 21.5. The van der Waals surface area contributed by atoms with Crippen molar-refractivity contribution in [2.24, 2.45) is 10.9 Å². The van der Waals surface area contributed by atoms with E-state index in [0.717, 1.165) is 44.1 Å². The molecule has 2 aliphatic rings. The van der Waals surface area contributed by atoms with Crippen molar-refractivity contribution in [3.63, 3.8) is 0 Å². The zero-order valence-electron chi connectivity index (χ0n) is 22.3. The predicted octanol–water partition coefficient (Wildman–Crippen LogP) is 4.15. The molecule has 1 atom stereocenters. The molecule has 5 N–H and O–H groups in total. The fourth-order valence-corrected chi connectivity index (χ4v) is 4.40. The second kappa shape index (κ2) is 13.3. The Bertz CT molecular complexity index is 965. The second-order valence-electron chi connectivity index (χ2n) is 10.7. The summed E-state index contributed by atoms with van der Waals surface area (Å²) in [6.45, 7) is 8.34. The van der Waals surface area contributed by atoms with Gasteiger partial charge in [-0.05, 0) is 76.5 Å². The van der Waals surface area contributed by atoms with Crippen LogP contribution in [0, 0.1) is 11.7 Å². The fraction of sp³-hybridized carbons (Fsp3) is 0.593. The highest BCUT2D eigenvalue weighted by Gasteiger charge is 2.28. The van der Waals surface area contributed by atoms with Crippen molar-refractivity contribution in [1.82, 2.24) is 26.8 Å². The Morgan fingerprint density at radius 3 is 2.43 bits per heavy atom. The molecule has 1 fully saturated rings. The lowest BCUT2D eigenvalue weighted by Gasteiger charge is -2.31. The summed E-state index contributed by atoms with van der Waals surface area (Å²) in [5.41, 5.74) is 7.07. The number of carbonyl (C=O) groups is 2. The van der Waals surface area contributed by atoms with Gasteiger partial charge in [-0.25, -0.2) is 9.18 Å². The van der Waals surface area contributed by atoms with Crippen LogP contribution in [0.15, 0.2) is 41.2 Å². The van der Waals surface area contributed by atoms with Crippen LogP contribution >= 0.6 is 0 Å². The van der Waals surface area contributed by atoms with Gasteiger partial charge in [0.15, 0.2) is 0 Å². The van der Waals surface area contributed by atoms with E-state index in [2.05, 4.69) is 38.7 Å². The fourth-order valence-electron chi connectivity index (χ4n) is 4.40. The van der Waals surface area contributed by atoms with Crippen LogP contribution in [-0.4, -0.2) is 36.1 Å². The summed E-state index contributed by atoms with van der Waals surface area (Å²) in [7, 11) is 0. The Hall–Kier alpha value is -3.30. The van der Waals surface area contributed by atoms with Gasteiger partial charge in [-0.3, -0.25) is 20.6 Å². The number of carbonyl (C=O) groups excluding carboxylic acids is 2. The van der Waals surface area contributed by atoms with Crippen molar-refractivity contribution in [1.29, 1.82) is 0 Å². The van der Waals surface area contributed by atoms with Crippen LogP contribution in [0.1, 0.15) is 84.2 Å². The molecule has 0 saturated heterocycles. The summed E-state index contributed by atoms with van der Waals surface area (Å²) in [4.78, 5) is 29.6. The first-order valence-electron chi connectivity index (χ1n) is 13.2. The minimum Gasteiger partial charge on any atom is -0.444 e. The molecule has 0 radical (unpaired) electrons. The SMILES string of the molecule is CCCCN=C1NC=C(C(NC(=O)CC2CCC(NC(=O)OC(C)(C)C)CC2)c2ccc(F)cc2)NN1. The molecule has 1 heterocycles. The van der Waals surface area contributed by atoms with Gasteiger partial charge in [0.05, 0.1) is 11.7 Å². The van der Waals surface area contributed by atoms with Crippen molar-refractivity contribution in [2.75, 3.05) is 6.54 Å². The number of amides is 2.